The average molecular weight is 981 g/mol. The zero-order chi connectivity index (χ0) is 47.6. The number of epoxide rings is 8. The first-order valence-electron chi connectivity index (χ1n) is 28.7. The van der Waals surface area contributed by atoms with Gasteiger partial charge >= 0.3 is 17.9 Å². The van der Waals surface area contributed by atoms with E-state index in [1.807, 2.05) is 0 Å². The van der Waals surface area contributed by atoms with Gasteiger partial charge in [0.1, 0.15) is 0 Å². The Morgan fingerprint density at radius 1 is 0.457 bits per heavy atom. The number of unbranched alkanes of at least 4 members (excludes halogenated alkanes) is 2. The van der Waals surface area contributed by atoms with Crippen LogP contribution < -0.4 is 0 Å². The minimum atomic E-state index is -0.109. The summed E-state index contributed by atoms with van der Waals surface area (Å²) in [5, 5.41) is 0. The van der Waals surface area contributed by atoms with Crippen LogP contribution in [0.1, 0.15) is 174 Å². The molecule has 0 radical (unpaired) electrons. The molecule has 0 amide bonds. The highest BCUT2D eigenvalue weighted by molar-refractivity contribution is 5.73. The van der Waals surface area contributed by atoms with Gasteiger partial charge in [-0.05, 0) is 198 Å². The molecule has 8 heterocycles. The monoisotopic (exact) mass is 981 g/mol. The lowest BCUT2D eigenvalue weighted by Gasteiger charge is -2.30. The molecule has 14 nitrogen and oxygen atoms in total. The number of rotatable bonds is 14. The van der Waals surface area contributed by atoms with Crippen molar-refractivity contribution in [1.82, 2.24) is 0 Å². The summed E-state index contributed by atoms with van der Waals surface area (Å²) in [4.78, 5) is 35.8. The predicted molar refractivity (Wildman–Crippen MR) is 252 cm³/mol. The Morgan fingerprint density at radius 2 is 0.929 bits per heavy atom. The van der Waals surface area contributed by atoms with Crippen molar-refractivity contribution in [3.63, 3.8) is 0 Å². The zero-order valence-electron chi connectivity index (χ0n) is 42.3. The van der Waals surface area contributed by atoms with Crippen LogP contribution in [0, 0.1) is 41.4 Å². The standard InChI is InChI=1S/C20H30O6.C14H20O4.C12H18O2.C10H16O2/c21-19(24-12-13-5-7-15-17(10-13)25-15)4-2-1-3-9-23-20(22)14-6-8-16-18(11-14)26-16;15-14(9-2-4-11-13(6-9)18-11)16-7-8-1-3-10-12(5-8)17-10;1-3-9-11(13-9)5-7(1)8-2-4-10-12(6-8)14-10;1-9-5-7(10(2)6-11-10)3-4-8(9)12-9/h13-18H,1-12H2;8-13H,1-7H2;7-12H,1-6H2;7-8H,3-6H2,1-2H3. The highest BCUT2D eigenvalue weighted by Crippen LogP contribution is 2.55. The Bertz CT molecular complexity index is 1830. The lowest BCUT2D eigenvalue weighted by atomic mass is 9.73. The normalized spacial score (nSPS) is 49.1. The summed E-state index contributed by atoms with van der Waals surface area (Å²) in [5.41, 5.74) is 0.456. The molecule has 15 fully saturated rings. The van der Waals surface area contributed by atoms with Gasteiger partial charge in [0, 0.05) is 6.42 Å². The van der Waals surface area contributed by atoms with Gasteiger partial charge in [0.2, 0.25) is 0 Å². The number of carbonyl (C=O) groups is 3. The summed E-state index contributed by atoms with van der Waals surface area (Å²) < 4.78 is 60.5. The van der Waals surface area contributed by atoms with Gasteiger partial charge in [-0.15, -0.1) is 0 Å². The van der Waals surface area contributed by atoms with E-state index in [0.717, 1.165) is 121 Å². The van der Waals surface area contributed by atoms with Crippen molar-refractivity contribution in [1.29, 1.82) is 0 Å². The summed E-state index contributed by atoms with van der Waals surface area (Å²) in [6, 6.07) is 0. The topological polar surface area (TPSA) is 179 Å². The smallest absolute Gasteiger partial charge is 0.309 e. The molecule has 0 spiro atoms. The van der Waals surface area contributed by atoms with Gasteiger partial charge in [0.15, 0.2) is 0 Å². The average Bonchev–Trinajstić information content (AvgIpc) is 4.16. The van der Waals surface area contributed by atoms with Gasteiger partial charge in [-0.25, -0.2) is 0 Å². The van der Waals surface area contributed by atoms with Crippen LogP contribution in [-0.4, -0.2) is 135 Å². The molecule has 0 aromatic rings. The number of carbonyl (C=O) groups excluding carboxylic acids is 3. The second kappa shape index (κ2) is 20.7. The number of hydrogen-bond acceptors (Lipinski definition) is 14. The largest absolute Gasteiger partial charge is 0.465 e. The van der Waals surface area contributed by atoms with Crippen LogP contribution >= 0.6 is 0 Å². The van der Waals surface area contributed by atoms with Gasteiger partial charge < -0.3 is 52.1 Å². The van der Waals surface area contributed by atoms with E-state index >= 15 is 0 Å². The Hall–Kier alpha value is -1.91. The lowest BCUT2D eigenvalue weighted by Crippen LogP contribution is -2.31. The van der Waals surface area contributed by atoms with E-state index in [1.54, 1.807) is 0 Å². The van der Waals surface area contributed by atoms with E-state index < -0.39 is 0 Å². The van der Waals surface area contributed by atoms with Crippen LogP contribution in [-0.2, 0) is 66.5 Å². The fourth-order valence-corrected chi connectivity index (χ4v) is 14.3. The third kappa shape index (κ3) is 12.6. The van der Waals surface area contributed by atoms with Crippen LogP contribution in [0.5, 0.6) is 0 Å². The van der Waals surface area contributed by atoms with Gasteiger partial charge in [-0.1, -0.05) is 0 Å². The summed E-state index contributed by atoms with van der Waals surface area (Å²) in [7, 11) is 0. The Morgan fingerprint density at radius 3 is 1.41 bits per heavy atom. The minimum absolute atomic E-state index is 0.00258. The summed E-state index contributed by atoms with van der Waals surface area (Å²) in [6.45, 7) is 7.04. The second-order valence-electron chi connectivity index (χ2n) is 25.1. The van der Waals surface area contributed by atoms with Crippen LogP contribution in [0.4, 0.5) is 0 Å². The van der Waals surface area contributed by atoms with Gasteiger partial charge in [-0.2, -0.15) is 0 Å². The maximum atomic E-state index is 12.0. The van der Waals surface area contributed by atoms with Crippen molar-refractivity contribution in [2.24, 2.45) is 41.4 Å². The highest BCUT2D eigenvalue weighted by Gasteiger charge is 2.61. The number of fused-ring (bicyclic) bond motifs is 7. The molecule has 70 heavy (non-hydrogen) atoms. The summed E-state index contributed by atoms with van der Waals surface area (Å²) in [5.74, 6) is 3.59. The van der Waals surface area contributed by atoms with E-state index in [9.17, 15) is 14.4 Å². The molecule has 0 N–H and O–H groups in total. The number of ether oxygens (including phenoxy) is 11. The predicted octanol–water partition coefficient (Wildman–Crippen LogP) is 8.29. The molecule has 15 rings (SSSR count). The summed E-state index contributed by atoms with van der Waals surface area (Å²) >= 11 is 0. The maximum absolute atomic E-state index is 12.0. The third-order valence-corrected chi connectivity index (χ3v) is 19.8. The lowest BCUT2D eigenvalue weighted by molar-refractivity contribution is -0.151. The molecule has 7 saturated carbocycles. The molecule has 15 aliphatic rings. The molecular formula is C56H84O14. The fraction of sp³-hybridized carbons (Fsp3) is 0.946. The molecule has 22 unspecified atom stereocenters. The van der Waals surface area contributed by atoms with Crippen LogP contribution in [0.3, 0.4) is 0 Å². The molecule has 0 aromatic heterocycles. The van der Waals surface area contributed by atoms with E-state index in [0.29, 0.717) is 117 Å². The van der Waals surface area contributed by atoms with E-state index in [2.05, 4.69) is 13.8 Å². The van der Waals surface area contributed by atoms with Crippen molar-refractivity contribution < 1.29 is 66.5 Å². The van der Waals surface area contributed by atoms with Crippen LogP contribution in [0.25, 0.3) is 0 Å². The molecular weight excluding hydrogens is 897 g/mol. The zero-order valence-corrected chi connectivity index (χ0v) is 42.3. The Labute approximate surface area is 415 Å². The van der Waals surface area contributed by atoms with Gasteiger partial charge in [-0.3, -0.25) is 14.4 Å². The van der Waals surface area contributed by atoms with E-state index in [4.69, 9.17) is 52.1 Å². The van der Waals surface area contributed by atoms with Crippen molar-refractivity contribution in [3.8, 4) is 0 Å². The van der Waals surface area contributed by atoms with Crippen molar-refractivity contribution in [3.05, 3.63) is 0 Å². The van der Waals surface area contributed by atoms with E-state index in [1.165, 1.54) is 57.8 Å². The van der Waals surface area contributed by atoms with Gasteiger partial charge in [0.25, 0.3) is 0 Å². The number of esters is 3. The fourth-order valence-electron chi connectivity index (χ4n) is 14.3. The molecule has 7 aliphatic carbocycles. The molecule has 8 saturated heterocycles. The second-order valence-corrected chi connectivity index (χ2v) is 25.1. The molecule has 0 aromatic carbocycles. The van der Waals surface area contributed by atoms with Crippen molar-refractivity contribution in [2.75, 3.05) is 26.4 Å². The first-order valence-corrected chi connectivity index (χ1v) is 28.7. The Balaban J connectivity index is 0.000000100. The van der Waals surface area contributed by atoms with Gasteiger partial charge in [0.05, 0.1) is 129 Å². The third-order valence-electron chi connectivity index (χ3n) is 19.8. The highest BCUT2D eigenvalue weighted by atomic mass is 16.6. The quantitative estimate of drug-likeness (QED) is 0.0702. The van der Waals surface area contributed by atoms with Crippen molar-refractivity contribution >= 4 is 17.9 Å². The van der Waals surface area contributed by atoms with Crippen LogP contribution in [0.15, 0.2) is 0 Å². The molecule has 8 aliphatic heterocycles. The van der Waals surface area contributed by atoms with E-state index in [-0.39, 0.29) is 40.9 Å². The Kier molecular flexibility index (Phi) is 14.5. The number of hydrogen-bond donors (Lipinski definition) is 0. The molecule has 14 heteroatoms. The minimum Gasteiger partial charge on any atom is -0.465 e. The summed E-state index contributed by atoms with van der Waals surface area (Å²) in [6.07, 6.45) is 33.8. The molecule has 392 valence electrons. The van der Waals surface area contributed by atoms with Crippen LogP contribution in [0.2, 0.25) is 0 Å². The first kappa shape index (κ1) is 49.0. The maximum Gasteiger partial charge on any atom is 0.309 e. The molecule has 22 atom stereocenters. The van der Waals surface area contributed by atoms with Crippen molar-refractivity contribution in [2.45, 2.75) is 265 Å². The SMILES string of the molecule is C1CC2OC2CC1C1CCC2OC2C1.CC1(C2CCC3OC3(C)C2)CO1.O=C(CCCCCOC(=O)C1CCC2OC2C1)OCC1CCC2OC2C1.O=C(OCC1CCC2OC2C1)C1CCC2OC2C1. The first-order chi connectivity index (χ1) is 34.0. The molecule has 0 bridgehead atoms.